The highest BCUT2D eigenvalue weighted by Crippen LogP contribution is 2.15. The van der Waals surface area contributed by atoms with E-state index in [1.807, 2.05) is 32.4 Å². The van der Waals surface area contributed by atoms with Crippen molar-refractivity contribution in [3.05, 3.63) is 53.0 Å². The Kier molecular flexibility index (Phi) is 8.50. The first-order chi connectivity index (χ1) is 12.6. The van der Waals surface area contributed by atoms with Gasteiger partial charge in [0.1, 0.15) is 5.82 Å². The molecule has 1 aromatic rings. The number of pyridine rings is 1. The zero-order valence-corrected chi connectivity index (χ0v) is 17.0. The number of nitrogens with zero attached hydrogens (tertiary/aromatic N) is 4. The van der Waals surface area contributed by atoms with E-state index in [0.29, 0.717) is 12.5 Å². The fourth-order valence-corrected chi connectivity index (χ4v) is 2.87. The molecule has 0 aliphatic carbocycles. The van der Waals surface area contributed by atoms with Gasteiger partial charge in [0.15, 0.2) is 0 Å². The van der Waals surface area contributed by atoms with Crippen LogP contribution in [0.25, 0.3) is 0 Å². The quantitative estimate of drug-likeness (QED) is 0.503. The largest absolute Gasteiger partial charge is 0.366 e. The lowest BCUT2D eigenvalue weighted by molar-refractivity contribution is 0.406. The topological polar surface area (TPSA) is 64.9 Å². The van der Waals surface area contributed by atoms with E-state index in [9.17, 15) is 0 Å². The van der Waals surface area contributed by atoms with Crippen LogP contribution in [0.4, 0.5) is 0 Å². The summed E-state index contributed by atoms with van der Waals surface area (Å²) in [5.41, 5.74) is 2.18. The summed E-state index contributed by atoms with van der Waals surface area (Å²) in [4.78, 5) is 8.69. The molecule has 7 heteroatoms. The highest BCUT2D eigenvalue weighted by Gasteiger charge is 2.18. The highest BCUT2D eigenvalue weighted by molar-refractivity contribution is 9.12. The molecule has 0 saturated carbocycles. The average Bonchev–Trinajstić information content (AvgIpc) is 2.68. The van der Waals surface area contributed by atoms with Gasteiger partial charge in [-0.1, -0.05) is 12.6 Å². The van der Waals surface area contributed by atoms with Gasteiger partial charge < -0.3 is 10.6 Å². The van der Waals surface area contributed by atoms with E-state index in [1.54, 1.807) is 17.4 Å². The van der Waals surface area contributed by atoms with Crippen LogP contribution in [-0.4, -0.2) is 49.1 Å². The van der Waals surface area contributed by atoms with Crippen molar-refractivity contribution in [1.82, 2.24) is 20.6 Å². The molecule has 0 aromatic carbocycles. The molecule has 2 heterocycles. The van der Waals surface area contributed by atoms with Crippen molar-refractivity contribution >= 4 is 27.9 Å². The van der Waals surface area contributed by atoms with E-state index >= 15 is 0 Å². The molecule has 1 saturated heterocycles. The number of allylic oxidation sites excluding steroid dienone is 2. The summed E-state index contributed by atoms with van der Waals surface area (Å²) in [7, 11) is 3.75. The van der Waals surface area contributed by atoms with Crippen LogP contribution < -0.4 is 10.6 Å². The summed E-state index contributed by atoms with van der Waals surface area (Å²) in [6.45, 7) is 6.50. The molecule has 1 aromatic heterocycles. The van der Waals surface area contributed by atoms with E-state index < -0.39 is 0 Å². The van der Waals surface area contributed by atoms with Crippen LogP contribution in [0.3, 0.4) is 0 Å². The summed E-state index contributed by atoms with van der Waals surface area (Å²) in [5, 5.41) is 13.1. The third kappa shape index (κ3) is 6.72. The van der Waals surface area contributed by atoms with Gasteiger partial charge in [-0.05, 0) is 46.9 Å². The van der Waals surface area contributed by atoms with Gasteiger partial charge >= 0.3 is 0 Å². The number of hydrogen-bond donors (Lipinski definition) is 2. The SMILES string of the molecule is C=C(Br)/C=N\N(C)/C(=C\C(=N/C)C1CCCNC1)NCc1cccnc1. The molecule has 26 heavy (non-hydrogen) atoms. The van der Waals surface area contributed by atoms with E-state index in [1.165, 1.54) is 6.42 Å². The Bertz CT molecular complexity index is 662. The number of aliphatic imine (C=N–C) groups is 1. The van der Waals surface area contributed by atoms with Crippen LogP contribution in [0, 0.1) is 5.92 Å². The van der Waals surface area contributed by atoms with E-state index in [2.05, 4.69) is 54.3 Å². The van der Waals surface area contributed by atoms with Crippen LogP contribution in [0.5, 0.6) is 0 Å². The molecule has 1 fully saturated rings. The Morgan fingerprint density at radius 1 is 1.58 bits per heavy atom. The van der Waals surface area contributed by atoms with E-state index in [-0.39, 0.29) is 0 Å². The molecular weight excluding hydrogens is 392 g/mol. The predicted octanol–water partition coefficient (Wildman–Crippen LogP) is 2.91. The minimum atomic E-state index is 0.424. The van der Waals surface area contributed by atoms with Crippen LogP contribution >= 0.6 is 15.9 Å². The van der Waals surface area contributed by atoms with Crippen LogP contribution in [0.2, 0.25) is 0 Å². The van der Waals surface area contributed by atoms with E-state index in [0.717, 1.165) is 41.1 Å². The number of piperidine rings is 1. The molecule has 140 valence electrons. The van der Waals surface area contributed by atoms with Gasteiger partial charge in [0, 0.05) is 61.8 Å². The van der Waals surface area contributed by atoms with Crippen molar-refractivity contribution in [3.8, 4) is 0 Å². The number of hydrazone groups is 1. The summed E-state index contributed by atoms with van der Waals surface area (Å²) in [6, 6.07) is 3.98. The highest BCUT2D eigenvalue weighted by atomic mass is 79.9. The monoisotopic (exact) mass is 418 g/mol. The molecule has 1 atom stereocenters. The number of rotatable bonds is 8. The first-order valence-corrected chi connectivity index (χ1v) is 9.53. The second-order valence-electron chi connectivity index (χ2n) is 6.15. The van der Waals surface area contributed by atoms with Gasteiger partial charge in [0.2, 0.25) is 0 Å². The minimum Gasteiger partial charge on any atom is -0.366 e. The third-order valence-electron chi connectivity index (χ3n) is 4.17. The zero-order valence-electron chi connectivity index (χ0n) is 15.5. The Morgan fingerprint density at radius 3 is 3.04 bits per heavy atom. The van der Waals surface area contributed by atoms with Gasteiger partial charge in [-0.3, -0.25) is 15.0 Å². The number of hydrogen-bond acceptors (Lipinski definition) is 6. The average molecular weight is 419 g/mol. The lowest BCUT2D eigenvalue weighted by Crippen LogP contribution is -2.35. The summed E-state index contributed by atoms with van der Waals surface area (Å²) in [6.07, 6.45) is 9.71. The maximum Gasteiger partial charge on any atom is 0.124 e. The first-order valence-electron chi connectivity index (χ1n) is 8.74. The zero-order chi connectivity index (χ0) is 18.8. The second kappa shape index (κ2) is 10.9. The number of halogens is 1. The molecule has 0 bridgehead atoms. The molecule has 0 amide bonds. The molecule has 2 rings (SSSR count). The van der Waals surface area contributed by atoms with Crippen LogP contribution in [0.1, 0.15) is 18.4 Å². The molecule has 0 radical (unpaired) electrons. The standard InChI is InChI=1S/C19H27BrN6/c1-15(20)11-25-26(3)19(24-13-16-6-4-8-22-12-16)10-18(21-2)17-7-5-9-23-14-17/h4,6,8,10-12,17,23-24H,1,5,7,9,13-14H2,2-3H3/b19-10-,21-18+,25-11-. The first kappa shape index (κ1) is 20.3. The third-order valence-corrected chi connectivity index (χ3v) is 4.38. The van der Waals surface area contributed by atoms with Crippen molar-refractivity contribution in [2.24, 2.45) is 16.0 Å². The van der Waals surface area contributed by atoms with Crippen LogP contribution in [-0.2, 0) is 6.54 Å². The van der Waals surface area contributed by atoms with Crippen molar-refractivity contribution in [2.45, 2.75) is 19.4 Å². The van der Waals surface area contributed by atoms with Crippen molar-refractivity contribution in [1.29, 1.82) is 0 Å². The van der Waals surface area contributed by atoms with Crippen molar-refractivity contribution < 1.29 is 0 Å². The van der Waals surface area contributed by atoms with Crippen LogP contribution in [0.15, 0.2) is 57.6 Å². The van der Waals surface area contributed by atoms with Gasteiger partial charge in [-0.15, -0.1) is 0 Å². The molecule has 0 spiro atoms. The second-order valence-corrected chi connectivity index (χ2v) is 7.17. The lowest BCUT2D eigenvalue weighted by atomic mass is 9.94. The Morgan fingerprint density at radius 2 is 2.42 bits per heavy atom. The fourth-order valence-electron chi connectivity index (χ4n) is 2.77. The van der Waals surface area contributed by atoms with Gasteiger partial charge in [-0.25, -0.2) is 0 Å². The Labute approximate surface area is 164 Å². The normalized spacial score (nSPS) is 18.8. The Balaban J connectivity index is 2.18. The molecule has 1 aliphatic rings. The molecule has 1 unspecified atom stereocenters. The number of nitrogens with one attached hydrogen (secondary N) is 2. The van der Waals surface area contributed by atoms with Gasteiger partial charge in [0.25, 0.3) is 0 Å². The van der Waals surface area contributed by atoms with Gasteiger partial charge in [-0.2, -0.15) is 5.10 Å². The molecule has 1 aliphatic heterocycles. The Hall–Kier alpha value is -1.99. The fraction of sp³-hybridized carbons (Fsp3) is 0.421. The minimum absolute atomic E-state index is 0.424. The molecule has 2 N–H and O–H groups in total. The van der Waals surface area contributed by atoms with Crippen molar-refractivity contribution in [3.63, 3.8) is 0 Å². The molecular formula is C19H27BrN6. The van der Waals surface area contributed by atoms with Crippen molar-refractivity contribution in [2.75, 3.05) is 27.2 Å². The smallest absolute Gasteiger partial charge is 0.124 e. The van der Waals surface area contributed by atoms with Gasteiger partial charge in [0.05, 0.1) is 6.21 Å². The molecule has 6 nitrogen and oxygen atoms in total. The summed E-state index contributed by atoms with van der Waals surface area (Å²) >= 11 is 3.30. The lowest BCUT2D eigenvalue weighted by Gasteiger charge is -2.25. The maximum atomic E-state index is 4.53. The summed E-state index contributed by atoms with van der Waals surface area (Å²) in [5.74, 6) is 1.30. The summed E-state index contributed by atoms with van der Waals surface area (Å²) < 4.78 is 0.719. The van der Waals surface area contributed by atoms with E-state index in [4.69, 9.17) is 0 Å². The maximum absolute atomic E-state index is 4.53. The number of aromatic nitrogens is 1. The predicted molar refractivity (Wildman–Crippen MR) is 112 cm³/mol.